The lowest BCUT2D eigenvalue weighted by atomic mass is 10.1. The van der Waals surface area contributed by atoms with Crippen LogP contribution in [-0.2, 0) is 10.1 Å². The summed E-state index contributed by atoms with van der Waals surface area (Å²) in [5.41, 5.74) is 0.174. The molecular formula is C7H8O3S3. The van der Waals surface area contributed by atoms with E-state index in [1.165, 1.54) is 0 Å². The predicted molar refractivity (Wildman–Crippen MR) is 58.6 cm³/mol. The lowest BCUT2D eigenvalue weighted by Gasteiger charge is -2.06. The molecule has 6 heteroatoms. The number of thiocarbonyl (C=S) groups is 2. The van der Waals surface area contributed by atoms with E-state index < -0.39 is 15.0 Å². The molecule has 3 nitrogen and oxygen atoms in total. The monoisotopic (exact) mass is 236 g/mol. The molecule has 0 saturated heterocycles. The molecule has 0 aliphatic rings. The van der Waals surface area contributed by atoms with Crippen LogP contribution in [0.2, 0.25) is 0 Å². The summed E-state index contributed by atoms with van der Waals surface area (Å²) >= 11 is 8.84. The molecule has 0 atom stereocenters. The second-order valence-corrected chi connectivity index (χ2v) is 4.34. The molecule has 0 fully saturated rings. The van der Waals surface area contributed by atoms with Crippen LogP contribution in [-0.4, -0.2) is 23.0 Å². The highest BCUT2D eigenvalue weighted by Gasteiger charge is 2.21. The van der Waals surface area contributed by atoms with Gasteiger partial charge in [-0.1, -0.05) is 13.8 Å². The standard InChI is InChI=1S/C7H8O3S3/c1-5(2)6(3-11)7(4-12)13(8,9)10/h5H,1-2H3,(H,8,9,10). The smallest absolute Gasteiger partial charge is 0.281 e. The minimum absolute atomic E-state index is 0.174. The summed E-state index contributed by atoms with van der Waals surface area (Å²) in [6, 6.07) is 0. The molecule has 0 spiro atoms. The van der Waals surface area contributed by atoms with Gasteiger partial charge in [-0.3, -0.25) is 4.55 Å². The third kappa shape index (κ3) is 3.48. The van der Waals surface area contributed by atoms with Crippen LogP contribution in [0.25, 0.3) is 0 Å². The lowest BCUT2D eigenvalue weighted by molar-refractivity contribution is 0.491. The molecule has 72 valence electrons. The van der Waals surface area contributed by atoms with Crippen molar-refractivity contribution in [1.29, 1.82) is 0 Å². The summed E-state index contributed by atoms with van der Waals surface area (Å²) in [5.74, 6) is -0.176. The van der Waals surface area contributed by atoms with Crippen molar-refractivity contribution >= 4 is 44.6 Å². The Kier molecular flexibility index (Phi) is 4.64. The van der Waals surface area contributed by atoms with Crippen LogP contribution in [0.4, 0.5) is 0 Å². The van der Waals surface area contributed by atoms with Gasteiger partial charge in [-0.15, -0.1) is 0 Å². The maximum atomic E-state index is 10.7. The van der Waals surface area contributed by atoms with Crippen molar-refractivity contribution in [3.05, 3.63) is 10.5 Å². The van der Waals surface area contributed by atoms with E-state index >= 15 is 0 Å². The van der Waals surface area contributed by atoms with Crippen LogP contribution in [0.15, 0.2) is 10.5 Å². The fraction of sp³-hybridized carbons (Fsp3) is 0.429. The summed E-state index contributed by atoms with van der Waals surface area (Å²) in [5, 5.41) is 4.22. The fourth-order valence-corrected chi connectivity index (χ4v) is 2.17. The zero-order valence-corrected chi connectivity index (χ0v) is 9.52. The normalized spacial score (nSPS) is 10.5. The maximum absolute atomic E-state index is 10.7. The first kappa shape index (κ1) is 12.7. The zero-order chi connectivity index (χ0) is 10.6. The van der Waals surface area contributed by atoms with Crippen LogP contribution < -0.4 is 0 Å². The second-order valence-electron chi connectivity index (χ2n) is 2.58. The van der Waals surface area contributed by atoms with Gasteiger partial charge in [0.05, 0.1) is 0 Å². The molecule has 0 bridgehead atoms. The molecule has 0 saturated carbocycles. The first-order valence-corrected chi connectivity index (χ1v) is 5.58. The first-order chi connectivity index (χ1) is 5.84. The Labute approximate surface area is 87.9 Å². The highest BCUT2D eigenvalue weighted by molar-refractivity contribution is 7.91. The van der Waals surface area contributed by atoms with Crippen molar-refractivity contribution < 1.29 is 13.0 Å². The van der Waals surface area contributed by atoms with Crippen molar-refractivity contribution in [2.24, 2.45) is 5.92 Å². The van der Waals surface area contributed by atoms with Crippen molar-refractivity contribution in [2.75, 3.05) is 0 Å². The van der Waals surface area contributed by atoms with Gasteiger partial charge in [0.15, 0.2) is 4.91 Å². The van der Waals surface area contributed by atoms with E-state index in [0.29, 0.717) is 0 Å². The summed E-state index contributed by atoms with van der Waals surface area (Å²) in [6.07, 6.45) is 0. The Morgan fingerprint density at radius 1 is 1.31 bits per heavy atom. The predicted octanol–water partition coefficient (Wildman–Crippen LogP) is 1.54. The van der Waals surface area contributed by atoms with E-state index in [2.05, 4.69) is 29.5 Å². The van der Waals surface area contributed by atoms with Crippen molar-refractivity contribution in [3.63, 3.8) is 0 Å². The third-order valence-corrected chi connectivity index (χ3v) is 2.67. The van der Waals surface area contributed by atoms with Crippen LogP contribution >= 0.6 is 24.4 Å². The summed E-state index contributed by atoms with van der Waals surface area (Å²) in [4.78, 5) is -0.465. The molecule has 0 aromatic carbocycles. The van der Waals surface area contributed by atoms with Crippen LogP contribution in [0.1, 0.15) is 13.8 Å². The molecule has 0 rings (SSSR count). The second kappa shape index (κ2) is 4.77. The van der Waals surface area contributed by atoms with E-state index in [-0.39, 0.29) is 11.5 Å². The number of allylic oxidation sites excluding steroid dienone is 1. The van der Waals surface area contributed by atoms with Crippen molar-refractivity contribution in [3.8, 4) is 0 Å². The average molecular weight is 236 g/mol. The zero-order valence-electron chi connectivity index (χ0n) is 7.07. The van der Waals surface area contributed by atoms with Crippen LogP contribution in [0.3, 0.4) is 0 Å². The lowest BCUT2D eigenvalue weighted by Crippen LogP contribution is -2.09. The SMILES string of the molecule is CC(C)C(=C=S)C(=C=S)S(=O)(=O)O. The average Bonchev–Trinajstić information content (AvgIpc) is 1.96. The van der Waals surface area contributed by atoms with Crippen molar-refractivity contribution in [2.45, 2.75) is 13.8 Å². The highest BCUT2D eigenvalue weighted by atomic mass is 32.2. The molecule has 0 unspecified atom stereocenters. The largest absolute Gasteiger partial charge is 0.303 e. The van der Waals surface area contributed by atoms with Gasteiger partial charge in [0.1, 0.15) is 0 Å². The molecule has 1 N–H and O–H groups in total. The van der Waals surface area contributed by atoms with E-state index in [0.717, 1.165) is 0 Å². The number of hydrogen-bond acceptors (Lipinski definition) is 4. The van der Waals surface area contributed by atoms with Gasteiger partial charge >= 0.3 is 10.1 Å². The minimum atomic E-state index is -4.34. The maximum Gasteiger partial charge on any atom is 0.303 e. The Balaban J connectivity index is 5.54. The van der Waals surface area contributed by atoms with Crippen LogP contribution in [0, 0.1) is 5.92 Å². The molecule has 13 heavy (non-hydrogen) atoms. The number of hydrogen-bond donors (Lipinski definition) is 1. The van der Waals surface area contributed by atoms with Gasteiger partial charge < -0.3 is 0 Å². The molecular weight excluding hydrogens is 228 g/mol. The van der Waals surface area contributed by atoms with Crippen molar-refractivity contribution in [1.82, 2.24) is 0 Å². The first-order valence-electron chi connectivity index (χ1n) is 3.32. The third-order valence-electron chi connectivity index (χ3n) is 1.28. The van der Waals surface area contributed by atoms with E-state index in [1.807, 2.05) is 5.02 Å². The summed E-state index contributed by atoms with van der Waals surface area (Å²) in [6.45, 7) is 3.43. The number of rotatable bonds is 3. The van der Waals surface area contributed by atoms with Gasteiger partial charge in [0, 0.05) is 5.57 Å². The molecule has 0 aromatic rings. The topological polar surface area (TPSA) is 54.4 Å². The molecule has 0 aliphatic carbocycles. The van der Waals surface area contributed by atoms with Gasteiger partial charge in [-0.05, 0) is 40.4 Å². The molecule has 0 amide bonds. The fourth-order valence-electron chi connectivity index (χ4n) is 0.673. The van der Waals surface area contributed by atoms with E-state index in [9.17, 15) is 8.42 Å². The van der Waals surface area contributed by atoms with E-state index in [1.54, 1.807) is 13.8 Å². The Hall–Kier alpha value is -0.350. The van der Waals surface area contributed by atoms with Gasteiger partial charge in [0.2, 0.25) is 0 Å². The Morgan fingerprint density at radius 3 is 1.85 bits per heavy atom. The van der Waals surface area contributed by atoms with Gasteiger partial charge in [0.25, 0.3) is 0 Å². The summed E-state index contributed by atoms with van der Waals surface area (Å²) < 4.78 is 30.2. The van der Waals surface area contributed by atoms with Gasteiger partial charge in [-0.25, -0.2) is 0 Å². The van der Waals surface area contributed by atoms with Crippen LogP contribution in [0.5, 0.6) is 0 Å². The molecule has 0 radical (unpaired) electrons. The quantitative estimate of drug-likeness (QED) is 0.457. The minimum Gasteiger partial charge on any atom is -0.281 e. The Bertz CT molecular complexity index is 393. The highest BCUT2D eigenvalue weighted by Crippen LogP contribution is 2.18. The molecule has 0 heterocycles. The molecule has 0 aliphatic heterocycles. The summed E-state index contributed by atoms with van der Waals surface area (Å²) in [7, 11) is -4.34. The molecule has 0 aromatic heterocycles. The Morgan fingerprint density at radius 2 is 1.77 bits per heavy atom. The van der Waals surface area contributed by atoms with Gasteiger partial charge in [-0.2, -0.15) is 8.42 Å². The van der Waals surface area contributed by atoms with E-state index in [4.69, 9.17) is 4.55 Å².